The van der Waals surface area contributed by atoms with Gasteiger partial charge in [0.2, 0.25) is 0 Å². The Balaban J connectivity index is 1.67. The highest BCUT2D eigenvalue weighted by molar-refractivity contribution is 7.10. The highest BCUT2D eigenvalue weighted by atomic mass is 32.1. The zero-order valence-electron chi connectivity index (χ0n) is 13.9. The Bertz CT molecular complexity index is 1060. The normalized spacial score (nSPS) is 12.2. The lowest BCUT2D eigenvalue weighted by atomic mass is 10.0. The molecule has 130 valence electrons. The number of amides is 1. The summed E-state index contributed by atoms with van der Waals surface area (Å²) in [6, 6.07) is 13.2. The number of aromatic nitrogens is 3. The van der Waals surface area contributed by atoms with E-state index in [9.17, 15) is 9.18 Å². The molecule has 1 atom stereocenters. The first kappa shape index (κ1) is 16.4. The van der Waals surface area contributed by atoms with Gasteiger partial charge in [0.25, 0.3) is 5.91 Å². The largest absolute Gasteiger partial charge is 0.340 e. The van der Waals surface area contributed by atoms with E-state index in [0.29, 0.717) is 17.0 Å². The highest BCUT2D eigenvalue weighted by Crippen LogP contribution is 2.26. The first-order chi connectivity index (χ1) is 12.6. The molecule has 0 aliphatic rings. The quantitative estimate of drug-likeness (QED) is 0.598. The van der Waals surface area contributed by atoms with E-state index in [1.807, 2.05) is 24.4 Å². The van der Waals surface area contributed by atoms with Crippen LogP contribution in [0, 0.1) is 12.7 Å². The van der Waals surface area contributed by atoms with E-state index in [1.54, 1.807) is 34.9 Å². The van der Waals surface area contributed by atoms with Gasteiger partial charge >= 0.3 is 0 Å². The van der Waals surface area contributed by atoms with Crippen molar-refractivity contribution in [3.8, 4) is 0 Å². The van der Waals surface area contributed by atoms with Crippen LogP contribution in [0.2, 0.25) is 0 Å². The fourth-order valence-electron chi connectivity index (χ4n) is 2.78. The van der Waals surface area contributed by atoms with Crippen molar-refractivity contribution in [3.05, 3.63) is 87.8 Å². The van der Waals surface area contributed by atoms with Crippen molar-refractivity contribution < 1.29 is 9.18 Å². The van der Waals surface area contributed by atoms with Crippen molar-refractivity contribution in [2.75, 3.05) is 0 Å². The van der Waals surface area contributed by atoms with Gasteiger partial charge in [-0.1, -0.05) is 18.2 Å². The Morgan fingerprint density at radius 2 is 1.96 bits per heavy atom. The third-order valence-electron chi connectivity index (χ3n) is 4.14. The molecular weight excluding hydrogens is 351 g/mol. The Hall–Kier alpha value is -3.06. The average Bonchev–Trinajstić information content (AvgIpc) is 3.30. The number of carbonyl (C=O) groups excluding carboxylic acids is 1. The molecule has 4 aromatic rings. The van der Waals surface area contributed by atoms with Gasteiger partial charge in [-0.3, -0.25) is 9.20 Å². The van der Waals surface area contributed by atoms with Crippen LogP contribution in [0.3, 0.4) is 0 Å². The maximum Gasteiger partial charge on any atom is 0.253 e. The lowest BCUT2D eigenvalue weighted by molar-refractivity contribution is 0.0943. The second-order valence-electron chi connectivity index (χ2n) is 5.87. The number of thiophene rings is 1. The minimum Gasteiger partial charge on any atom is -0.340 e. The molecule has 3 aromatic heterocycles. The molecular formula is C19H15FN4OS. The number of aryl methyl sites for hydroxylation is 1. The van der Waals surface area contributed by atoms with Crippen LogP contribution in [-0.2, 0) is 0 Å². The van der Waals surface area contributed by atoms with Crippen molar-refractivity contribution in [1.29, 1.82) is 0 Å². The second-order valence-corrected chi connectivity index (χ2v) is 6.85. The highest BCUT2D eigenvalue weighted by Gasteiger charge is 2.19. The summed E-state index contributed by atoms with van der Waals surface area (Å²) in [6.07, 6.45) is 1.72. The third-order valence-corrected chi connectivity index (χ3v) is 5.08. The zero-order valence-corrected chi connectivity index (χ0v) is 14.7. The van der Waals surface area contributed by atoms with E-state index in [0.717, 1.165) is 10.4 Å². The molecule has 1 aromatic carbocycles. The Morgan fingerprint density at radius 1 is 1.15 bits per heavy atom. The summed E-state index contributed by atoms with van der Waals surface area (Å²) in [7, 11) is 0. The van der Waals surface area contributed by atoms with Crippen molar-refractivity contribution in [2.24, 2.45) is 0 Å². The van der Waals surface area contributed by atoms with Gasteiger partial charge in [0.05, 0.1) is 11.6 Å². The number of carbonyl (C=O) groups is 1. The number of rotatable bonds is 4. The number of nitrogens with one attached hydrogen (secondary N) is 1. The molecule has 0 saturated heterocycles. The smallest absolute Gasteiger partial charge is 0.253 e. The van der Waals surface area contributed by atoms with Crippen LogP contribution < -0.4 is 5.32 Å². The van der Waals surface area contributed by atoms with E-state index in [4.69, 9.17) is 0 Å². The first-order valence-corrected chi connectivity index (χ1v) is 8.91. The van der Waals surface area contributed by atoms with Gasteiger partial charge in [-0.25, -0.2) is 4.39 Å². The van der Waals surface area contributed by atoms with Gasteiger partial charge in [-0.2, -0.15) is 0 Å². The van der Waals surface area contributed by atoms with Crippen LogP contribution in [0.15, 0.2) is 60.1 Å². The molecule has 3 heterocycles. The molecule has 0 saturated carbocycles. The SMILES string of the molecule is Cc1nnc2ccc(C(=O)NC(c3ccc(F)cc3)c3cccs3)cn12. The molecule has 0 spiro atoms. The van der Waals surface area contributed by atoms with E-state index >= 15 is 0 Å². The molecule has 0 aliphatic carbocycles. The number of hydrogen-bond donors (Lipinski definition) is 1. The Labute approximate surface area is 153 Å². The third kappa shape index (κ3) is 3.09. The van der Waals surface area contributed by atoms with Gasteiger partial charge in [0.1, 0.15) is 11.6 Å². The van der Waals surface area contributed by atoms with Gasteiger partial charge in [-0.15, -0.1) is 21.5 Å². The summed E-state index contributed by atoms with van der Waals surface area (Å²) in [4.78, 5) is 13.8. The summed E-state index contributed by atoms with van der Waals surface area (Å²) in [5, 5.41) is 13.0. The average molecular weight is 366 g/mol. The predicted octanol–water partition coefficient (Wildman–Crippen LogP) is 3.76. The zero-order chi connectivity index (χ0) is 18.1. The number of benzene rings is 1. The second kappa shape index (κ2) is 6.68. The van der Waals surface area contributed by atoms with E-state index < -0.39 is 0 Å². The van der Waals surface area contributed by atoms with Gasteiger partial charge in [0.15, 0.2) is 5.65 Å². The molecule has 0 bridgehead atoms. The van der Waals surface area contributed by atoms with Crippen LogP contribution >= 0.6 is 11.3 Å². The topological polar surface area (TPSA) is 59.3 Å². The minimum atomic E-state index is -0.346. The van der Waals surface area contributed by atoms with Gasteiger partial charge < -0.3 is 5.32 Å². The van der Waals surface area contributed by atoms with Crippen LogP contribution in [-0.4, -0.2) is 20.5 Å². The lowest BCUT2D eigenvalue weighted by Crippen LogP contribution is -2.29. The summed E-state index contributed by atoms with van der Waals surface area (Å²) < 4.78 is 15.0. The lowest BCUT2D eigenvalue weighted by Gasteiger charge is -2.18. The Kier molecular flexibility index (Phi) is 4.22. The van der Waals surface area contributed by atoms with Crippen LogP contribution in [0.1, 0.15) is 32.7 Å². The van der Waals surface area contributed by atoms with Crippen molar-refractivity contribution in [3.63, 3.8) is 0 Å². The number of nitrogens with zero attached hydrogens (tertiary/aromatic N) is 3. The standard InChI is InChI=1S/C19H15FN4OS/c1-12-22-23-17-9-6-14(11-24(12)17)19(25)21-18(16-3-2-10-26-16)13-4-7-15(20)8-5-13/h2-11,18H,1H3,(H,21,25). The van der Waals surface area contributed by atoms with E-state index in [-0.39, 0.29) is 17.8 Å². The monoisotopic (exact) mass is 366 g/mol. The number of hydrogen-bond acceptors (Lipinski definition) is 4. The van der Waals surface area contributed by atoms with E-state index in [1.165, 1.54) is 23.5 Å². The Morgan fingerprint density at radius 3 is 2.69 bits per heavy atom. The molecule has 26 heavy (non-hydrogen) atoms. The molecule has 0 fully saturated rings. The van der Waals surface area contributed by atoms with Crippen molar-refractivity contribution in [1.82, 2.24) is 19.9 Å². The number of pyridine rings is 1. The van der Waals surface area contributed by atoms with Crippen molar-refractivity contribution >= 4 is 22.9 Å². The fourth-order valence-corrected chi connectivity index (χ4v) is 3.59. The molecule has 0 radical (unpaired) electrons. The summed E-state index contributed by atoms with van der Waals surface area (Å²) in [5.41, 5.74) is 2.01. The minimum absolute atomic E-state index is 0.220. The number of fused-ring (bicyclic) bond motifs is 1. The van der Waals surface area contributed by atoms with Crippen molar-refractivity contribution in [2.45, 2.75) is 13.0 Å². The molecule has 1 unspecified atom stereocenters. The molecule has 5 nitrogen and oxygen atoms in total. The van der Waals surface area contributed by atoms with Gasteiger partial charge in [-0.05, 0) is 48.2 Å². The van der Waals surface area contributed by atoms with Crippen LogP contribution in [0.4, 0.5) is 4.39 Å². The maximum atomic E-state index is 13.3. The summed E-state index contributed by atoms with van der Waals surface area (Å²) in [6.45, 7) is 1.83. The molecule has 1 amide bonds. The molecule has 0 aliphatic heterocycles. The summed E-state index contributed by atoms with van der Waals surface area (Å²) in [5.74, 6) is 0.184. The van der Waals surface area contributed by atoms with Crippen LogP contribution in [0.25, 0.3) is 5.65 Å². The molecule has 4 rings (SSSR count). The summed E-state index contributed by atoms with van der Waals surface area (Å²) >= 11 is 1.54. The number of halogens is 1. The van der Waals surface area contributed by atoms with Gasteiger partial charge in [0, 0.05) is 11.1 Å². The fraction of sp³-hybridized carbons (Fsp3) is 0.105. The molecule has 7 heteroatoms. The predicted molar refractivity (Wildman–Crippen MR) is 97.8 cm³/mol. The molecule has 1 N–H and O–H groups in total. The van der Waals surface area contributed by atoms with Crippen LogP contribution in [0.5, 0.6) is 0 Å². The van der Waals surface area contributed by atoms with E-state index in [2.05, 4.69) is 15.5 Å². The maximum absolute atomic E-state index is 13.3. The first-order valence-electron chi connectivity index (χ1n) is 8.03.